The van der Waals surface area contributed by atoms with E-state index >= 15 is 0 Å². The van der Waals surface area contributed by atoms with Gasteiger partial charge in [-0.15, -0.1) is 0 Å². The van der Waals surface area contributed by atoms with Gasteiger partial charge in [-0.3, -0.25) is 10.1 Å². The summed E-state index contributed by atoms with van der Waals surface area (Å²) in [5.41, 5.74) is 4.04. The van der Waals surface area contributed by atoms with Crippen molar-refractivity contribution in [2.24, 2.45) is 10.9 Å². The number of guanidine groups is 1. The average Bonchev–Trinajstić information content (AvgIpc) is 2.95. The Morgan fingerprint density at radius 2 is 1.49 bits per heavy atom. The van der Waals surface area contributed by atoms with E-state index in [9.17, 15) is 10.1 Å². The van der Waals surface area contributed by atoms with Gasteiger partial charge in [-0.25, -0.2) is 4.99 Å². The van der Waals surface area contributed by atoms with Crippen LogP contribution in [0.15, 0.2) is 89.9 Å². The fourth-order valence-electron chi connectivity index (χ4n) is 5.22. The van der Waals surface area contributed by atoms with E-state index in [0.717, 1.165) is 25.9 Å². The highest BCUT2D eigenvalue weighted by Crippen LogP contribution is 2.38. The Bertz CT molecular complexity index is 1170. The van der Waals surface area contributed by atoms with Crippen LogP contribution in [0.25, 0.3) is 0 Å². The first-order valence-corrected chi connectivity index (χ1v) is 13.1. The van der Waals surface area contributed by atoms with Crippen LogP contribution in [-0.4, -0.2) is 47.8 Å². The third kappa shape index (κ3) is 6.37. The van der Waals surface area contributed by atoms with Gasteiger partial charge in [0.2, 0.25) is 5.96 Å². The van der Waals surface area contributed by atoms with Gasteiger partial charge in [0.1, 0.15) is 0 Å². The SMILES string of the molecule is CCN(CC)C(=O)c1ccc(N=C(NC#N)N2CCC(C(c3ccccc3)c3ccccc3)CC2)cc1. The molecule has 1 fully saturated rings. The zero-order chi connectivity index (χ0) is 26.0. The molecule has 0 saturated carbocycles. The maximum atomic E-state index is 12.6. The normalized spacial score (nSPS) is 14.3. The van der Waals surface area contributed by atoms with Crippen molar-refractivity contribution < 1.29 is 4.79 Å². The van der Waals surface area contributed by atoms with Crippen LogP contribution in [0.2, 0.25) is 0 Å². The second kappa shape index (κ2) is 12.7. The number of carbonyl (C=O) groups is 1. The molecule has 6 heteroatoms. The topological polar surface area (TPSA) is 71.7 Å². The van der Waals surface area contributed by atoms with Crippen LogP contribution in [0.4, 0.5) is 5.69 Å². The molecule has 3 aromatic carbocycles. The Morgan fingerprint density at radius 1 is 0.946 bits per heavy atom. The van der Waals surface area contributed by atoms with Gasteiger partial charge in [0, 0.05) is 37.7 Å². The summed E-state index contributed by atoms with van der Waals surface area (Å²) >= 11 is 0. The first-order chi connectivity index (χ1) is 18.1. The highest BCUT2D eigenvalue weighted by atomic mass is 16.2. The largest absolute Gasteiger partial charge is 0.342 e. The number of piperidine rings is 1. The van der Waals surface area contributed by atoms with E-state index in [4.69, 9.17) is 4.99 Å². The number of nitrogens with zero attached hydrogens (tertiary/aromatic N) is 4. The molecule has 0 bridgehead atoms. The van der Waals surface area contributed by atoms with E-state index in [-0.39, 0.29) is 5.91 Å². The summed E-state index contributed by atoms with van der Waals surface area (Å²) in [6, 6.07) is 28.8. The number of carbonyl (C=O) groups excluding carboxylic acids is 1. The van der Waals surface area contributed by atoms with Crippen molar-refractivity contribution in [3.05, 3.63) is 102 Å². The Morgan fingerprint density at radius 3 is 1.97 bits per heavy atom. The average molecular weight is 494 g/mol. The van der Waals surface area contributed by atoms with Crippen LogP contribution in [0.1, 0.15) is 54.1 Å². The number of hydrogen-bond donors (Lipinski definition) is 1. The zero-order valence-corrected chi connectivity index (χ0v) is 21.7. The lowest BCUT2D eigenvalue weighted by Gasteiger charge is -2.37. The summed E-state index contributed by atoms with van der Waals surface area (Å²) in [4.78, 5) is 21.3. The monoisotopic (exact) mass is 493 g/mol. The van der Waals surface area contributed by atoms with Crippen molar-refractivity contribution in [2.75, 3.05) is 26.2 Å². The highest BCUT2D eigenvalue weighted by molar-refractivity contribution is 5.94. The number of hydrogen-bond acceptors (Lipinski definition) is 3. The van der Waals surface area contributed by atoms with Gasteiger partial charge in [0.15, 0.2) is 6.19 Å². The number of nitrogens with one attached hydrogen (secondary N) is 1. The number of amides is 1. The minimum Gasteiger partial charge on any atom is -0.342 e. The molecule has 1 saturated heterocycles. The maximum Gasteiger partial charge on any atom is 0.253 e. The molecule has 6 nitrogen and oxygen atoms in total. The first kappa shape index (κ1) is 26.0. The molecule has 3 aromatic rings. The number of likely N-dealkylation sites (tertiary alicyclic amines) is 1. The molecule has 0 spiro atoms. The molecule has 0 unspecified atom stereocenters. The quantitative estimate of drug-likeness (QED) is 0.196. The number of nitriles is 1. The third-order valence-corrected chi connectivity index (χ3v) is 7.20. The van der Waals surface area contributed by atoms with E-state index in [0.29, 0.717) is 42.1 Å². The van der Waals surface area contributed by atoms with Crippen LogP contribution in [0, 0.1) is 17.4 Å². The molecule has 1 heterocycles. The minimum absolute atomic E-state index is 0.0179. The van der Waals surface area contributed by atoms with Crippen LogP contribution in [0.5, 0.6) is 0 Å². The number of rotatable bonds is 7. The second-order valence-electron chi connectivity index (χ2n) is 9.32. The zero-order valence-electron chi connectivity index (χ0n) is 21.7. The Hall–Kier alpha value is -4.11. The summed E-state index contributed by atoms with van der Waals surface area (Å²) in [5, 5.41) is 12.2. The van der Waals surface area contributed by atoms with Crippen LogP contribution in [-0.2, 0) is 0 Å². The standard InChI is InChI=1S/C31H35N5O/c1-3-35(4-2)30(37)27-15-17-28(18-16-27)34-31(33-23-32)36-21-19-26(20-22-36)29(24-11-7-5-8-12-24)25-13-9-6-10-14-25/h5-18,26,29H,3-4,19-22H2,1-2H3,(H,33,34). The third-order valence-electron chi connectivity index (χ3n) is 7.20. The molecule has 0 atom stereocenters. The van der Waals surface area contributed by atoms with E-state index in [1.165, 1.54) is 11.1 Å². The predicted octanol–water partition coefficient (Wildman–Crippen LogP) is 5.77. The molecule has 1 aliphatic heterocycles. The molecule has 190 valence electrons. The lowest BCUT2D eigenvalue weighted by Crippen LogP contribution is -2.44. The molecule has 1 N–H and O–H groups in total. The molecule has 0 aromatic heterocycles. The van der Waals surface area contributed by atoms with Crippen LogP contribution < -0.4 is 5.32 Å². The Balaban J connectivity index is 1.48. The van der Waals surface area contributed by atoms with Crippen molar-refractivity contribution in [1.29, 1.82) is 5.26 Å². The Kier molecular flexibility index (Phi) is 8.93. The van der Waals surface area contributed by atoms with Crippen LogP contribution in [0.3, 0.4) is 0 Å². The van der Waals surface area contributed by atoms with Gasteiger partial charge in [0.05, 0.1) is 5.69 Å². The molecule has 0 aliphatic carbocycles. The molecule has 4 rings (SSSR count). The molecule has 1 amide bonds. The summed E-state index contributed by atoms with van der Waals surface area (Å²) in [7, 11) is 0. The van der Waals surface area contributed by atoms with Gasteiger partial charge in [0.25, 0.3) is 5.91 Å². The second-order valence-corrected chi connectivity index (χ2v) is 9.32. The van der Waals surface area contributed by atoms with Gasteiger partial charge in [-0.1, -0.05) is 60.7 Å². The van der Waals surface area contributed by atoms with E-state index in [1.807, 2.05) is 32.2 Å². The lowest BCUT2D eigenvalue weighted by atomic mass is 9.76. The number of aliphatic imine (C=N–C) groups is 1. The highest BCUT2D eigenvalue weighted by Gasteiger charge is 2.30. The fraction of sp³-hybridized carbons (Fsp3) is 0.323. The van der Waals surface area contributed by atoms with Crippen molar-refractivity contribution in [2.45, 2.75) is 32.6 Å². The smallest absolute Gasteiger partial charge is 0.253 e. The van der Waals surface area contributed by atoms with E-state index in [2.05, 4.69) is 70.9 Å². The van der Waals surface area contributed by atoms with Gasteiger partial charge in [-0.2, -0.15) is 5.26 Å². The minimum atomic E-state index is 0.0179. The molecular formula is C31H35N5O. The molecule has 0 radical (unpaired) electrons. The predicted molar refractivity (Wildman–Crippen MR) is 149 cm³/mol. The number of benzene rings is 3. The van der Waals surface area contributed by atoms with Gasteiger partial charge in [-0.05, 0) is 68.0 Å². The molecule has 37 heavy (non-hydrogen) atoms. The van der Waals surface area contributed by atoms with E-state index in [1.54, 1.807) is 17.0 Å². The first-order valence-electron chi connectivity index (χ1n) is 13.1. The van der Waals surface area contributed by atoms with Crippen molar-refractivity contribution >= 4 is 17.6 Å². The Labute approximate surface area is 220 Å². The molecular weight excluding hydrogens is 458 g/mol. The van der Waals surface area contributed by atoms with Gasteiger partial charge < -0.3 is 9.80 Å². The fourth-order valence-corrected chi connectivity index (χ4v) is 5.22. The summed E-state index contributed by atoms with van der Waals surface area (Å²) in [6.07, 6.45) is 4.04. The molecule has 1 aliphatic rings. The summed E-state index contributed by atoms with van der Waals surface area (Å²) in [6.45, 7) is 6.93. The lowest BCUT2D eigenvalue weighted by molar-refractivity contribution is 0.0773. The summed E-state index contributed by atoms with van der Waals surface area (Å²) in [5.74, 6) is 1.41. The van der Waals surface area contributed by atoms with Crippen molar-refractivity contribution in [3.8, 4) is 6.19 Å². The van der Waals surface area contributed by atoms with Crippen molar-refractivity contribution in [1.82, 2.24) is 15.1 Å². The summed E-state index contributed by atoms with van der Waals surface area (Å²) < 4.78 is 0. The van der Waals surface area contributed by atoms with Crippen LogP contribution >= 0.6 is 0 Å². The maximum absolute atomic E-state index is 12.6. The van der Waals surface area contributed by atoms with E-state index < -0.39 is 0 Å². The van der Waals surface area contributed by atoms with Gasteiger partial charge >= 0.3 is 0 Å². The van der Waals surface area contributed by atoms with Crippen molar-refractivity contribution in [3.63, 3.8) is 0 Å².